The van der Waals surface area contributed by atoms with Gasteiger partial charge in [0.05, 0.1) is 22.4 Å². The molecule has 1 atom stereocenters. The van der Waals surface area contributed by atoms with Crippen LogP contribution in [0.2, 0.25) is 5.02 Å². The number of hydrogen-bond donors (Lipinski definition) is 2. The van der Waals surface area contributed by atoms with Gasteiger partial charge in [-0.2, -0.15) is 0 Å². The molecule has 2 amide bonds. The molecule has 168 valence electrons. The Hall–Kier alpha value is -2.84. The molecule has 0 radical (unpaired) electrons. The van der Waals surface area contributed by atoms with Gasteiger partial charge in [0.1, 0.15) is 0 Å². The number of amides is 2. The number of hydrogen-bond acceptors (Lipinski definition) is 5. The molecule has 7 nitrogen and oxygen atoms in total. The number of carbonyl (C=O) groups is 2. The number of aromatic nitrogens is 3. The van der Waals surface area contributed by atoms with Crippen LogP contribution in [0.4, 0.5) is 5.69 Å². The highest BCUT2D eigenvalue weighted by atomic mass is 35.5. The molecule has 0 saturated carbocycles. The fourth-order valence-electron chi connectivity index (χ4n) is 3.21. The standard InChI is InChI=1S/C23H26ClN5O2S/c1-5-29-21(16(4)25-22(31)17-10-6-7-11-18(17)24)27-28-23(29)32-13-20(30)26-19-12-8-9-14(2)15(19)3/h6-12,16H,5,13H2,1-4H3,(H,25,31)(H,26,30)/t16-/m1/s1. The molecule has 0 aliphatic heterocycles. The van der Waals surface area contributed by atoms with E-state index in [-0.39, 0.29) is 23.6 Å². The Balaban J connectivity index is 1.65. The van der Waals surface area contributed by atoms with Crippen molar-refractivity contribution in [3.8, 4) is 0 Å². The van der Waals surface area contributed by atoms with Crippen LogP contribution >= 0.6 is 23.4 Å². The van der Waals surface area contributed by atoms with Crippen LogP contribution in [0, 0.1) is 13.8 Å². The van der Waals surface area contributed by atoms with E-state index in [1.165, 1.54) is 11.8 Å². The van der Waals surface area contributed by atoms with Crippen molar-refractivity contribution < 1.29 is 9.59 Å². The van der Waals surface area contributed by atoms with Gasteiger partial charge < -0.3 is 15.2 Å². The van der Waals surface area contributed by atoms with Crippen molar-refractivity contribution in [1.29, 1.82) is 0 Å². The van der Waals surface area contributed by atoms with Gasteiger partial charge in [0.15, 0.2) is 11.0 Å². The Labute approximate surface area is 197 Å². The zero-order valence-electron chi connectivity index (χ0n) is 18.5. The normalized spacial score (nSPS) is 11.8. The molecule has 0 aliphatic rings. The van der Waals surface area contributed by atoms with Gasteiger partial charge in [0.25, 0.3) is 5.91 Å². The quantitative estimate of drug-likeness (QED) is 0.461. The van der Waals surface area contributed by atoms with E-state index in [1.807, 2.05) is 50.5 Å². The first-order valence-corrected chi connectivity index (χ1v) is 11.7. The monoisotopic (exact) mass is 471 g/mol. The summed E-state index contributed by atoms with van der Waals surface area (Å²) in [6.45, 7) is 8.41. The SMILES string of the molecule is CCn1c(SCC(=O)Nc2cccc(C)c2C)nnc1[C@@H](C)NC(=O)c1ccccc1Cl. The molecule has 9 heteroatoms. The van der Waals surface area contributed by atoms with Crippen LogP contribution < -0.4 is 10.6 Å². The van der Waals surface area contributed by atoms with Gasteiger partial charge in [0.2, 0.25) is 5.91 Å². The van der Waals surface area contributed by atoms with Gasteiger partial charge in [-0.05, 0) is 57.0 Å². The lowest BCUT2D eigenvalue weighted by Gasteiger charge is -2.15. The Bertz CT molecular complexity index is 1130. The van der Waals surface area contributed by atoms with Gasteiger partial charge in [0, 0.05) is 12.2 Å². The highest BCUT2D eigenvalue weighted by Crippen LogP contribution is 2.23. The van der Waals surface area contributed by atoms with Gasteiger partial charge in [-0.1, -0.05) is 47.6 Å². The number of nitrogens with one attached hydrogen (secondary N) is 2. The summed E-state index contributed by atoms with van der Waals surface area (Å²) < 4.78 is 1.90. The van der Waals surface area contributed by atoms with E-state index in [2.05, 4.69) is 20.8 Å². The highest BCUT2D eigenvalue weighted by Gasteiger charge is 2.21. The minimum absolute atomic E-state index is 0.115. The minimum Gasteiger partial charge on any atom is -0.342 e. The molecule has 0 unspecified atom stereocenters. The maximum absolute atomic E-state index is 12.6. The Morgan fingerprint density at radius 2 is 1.88 bits per heavy atom. The molecule has 1 aromatic heterocycles. The predicted molar refractivity (Wildman–Crippen MR) is 128 cm³/mol. The Morgan fingerprint density at radius 1 is 1.12 bits per heavy atom. The van der Waals surface area contributed by atoms with E-state index < -0.39 is 0 Å². The summed E-state index contributed by atoms with van der Waals surface area (Å²) in [6, 6.07) is 12.3. The van der Waals surface area contributed by atoms with Crippen LogP contribution in [0.25, 0.3) is 0 Å². The maximum atomic E-state index is 12.6. The first-order chi connectivity index (χ1) is 15.3. The van der Waals surface area contributed by atoms with Gasteiger partial charge in [-0.25, -0.2) is 0 Å². The van der Waals surface area contributed by atoms with Crippen LogP contribution in [-0.4, -0.2) is 32.3 Å². The van der Waals surface area contributed by atoms with Crippen molar-refractivity contribution in [3.63, 3.8) is 0 Å². The largest absolute Gasteiger partial charge is 0.342 e. The molecular weight excluding hydrogens is 446 g/mol. The fraction of sp³-hybridized carbons (Fsp3) is 0.304. The number of aryl methyl sites for hydroxylation is 1. The average Bonchev–Trinajstić information content (AvgIpc) is 3.19. The summed E-state index contributed by atoms with van der Waals surface area (Å²) in [5.74, 6) is 0.420. The molecule has 32 heavy (non-hydrogen) atoms. The lowest BCUT2D eigenvalue weighted by molar-refractivity contribution is -0.113. The average molecular weight is 472 g/mol. The molecule has 0 bridgehead atoms. The Kier molecular flexibility index (Phi) is 7.93. The van der Waals surface area contributed by atoms with Gasteiger partial charge >= 0.3 is 0 Å². The maximum Gasteiger partial charge on any atom is 0.253 e. The number of anilines is 1. The van der Waals surface area contributed by atoms with Crippen molar-refractivity contribution in [2.24, 2.45) is 0 Å². The molecule has 0 spiro atoms. The van der Waals surface area contributed by atoms with E-state index in [0.717, 1.165) is 16.8 Å². The number of halogens is 1. The summed E-state index contributed by atoms with van der Waals surface area (Å²) in [6.07, 6.45) is 0. The van der Waals surface area contributed by atoms with Crippen LogP contribution in [0.1, 0.15) is 47.2 Å². The van der Waals surface area contributed by atoms with Crippen molar-refractivity contribution in [3.05, 3.63) is 70.0 Å². The van der Waals surface area contributed by atoms with Crippen molar-refractivity contribution in [1.82, 2.24) is 20.1 Å². The molecule has 2 aromatic carbocycles. The molecule has 3 aromatic rings. The van der Waals surface area contributed by atoms with E-state index in [1.54, 1.807) is 24.3 Å². The second-order valence-electron chi connectivity index (χ2n) is 7.34. The third-order valence-corrected chi connectivity index (χ3v) is 6.42. The highest BCUT2D eigenvalue weighted by molar-refractivity contribution is 7.99. The van der Waals surface area contributed by atoms with E-state index >= 15 is 0 Å². The minimum atomic E-state index is -0.385. The van der Waals surface area contributed by atoms with E-state index in [4.69, 9.17) is 11.6 Å². The summed E-state index contributed by atoms with van der Waals surface area (Å²) in [4.78, 5) is 25.0. The molecule has 2 N–H and O–H groups in total. The van der Waals surface area contributed by atoms with Crippen LogP contribution in [0.3, 0.4) is 0 Å². The van der Waals surface area contributed by atoms with Crippen molar-refractivity contribution in [2.75, 3.05) is 11.1 Å². The lowest BCUT2D eigenvalue weighted by Crippen LogP contribution is -2.29. The third kappa shape index (κ3) is 5.49. The number of benzene rings is 2. The zero-order valence-corrected chi connectivity index (χ0v) is 20.0. The smallest absolute Gasteiger partial charge is 0.253 e. The van der Waals surface area contributed by atoms with Crippen molar-refractivity contribution >= 4 is 40.9 Å². The van der Waals surface area contributed by atoms with E-state index in [9.17, 15) is 9.59 Å². The number of nitrogens with zero attached hydrogens (tertiary/aromatic N) is 3. The second-order valence-corrected chi connectivity index (χ2v) is 8.69. The number of carbonyl (C=O) groups excluding carboxylic acids is 2. The summed E-state index contributed by atoms with van der Waals surface area (Å²) in [5, 5.41) is 15.4. The van der Waals surface area contributed by atoms with E-state index in [0.29, 0.717) is 28.1 Å². The molecule has 3 rings (SSSR count). The topological polar surface area (TPSA) is 88.9 Å². The zero-order chi connectivity index (χ0) is 23.3. The van der Waals surface area contributed by atoms with Gasteiger partial charge in [-0.15, -0.1) is 10.2 Å². The second kappa shape index (κ2) is 10.7. The summed E-state index contributed by atoms with van der Waals surface area (Å²) in [7, 11) is 0. The summed E-state index contributed by atoms with van der Waals surface area (Å²) >= 11 is 7.43. The van der Waals surface area contributed by atoms with Crippen molar-refractivity contribution in [2.45, 2.75) is 45.4 Å². The first kappa shape index (κ1) is 23.8. The lowest BCUT2D eigenvalue weighted by atomic mass is 10.1. The molecule has 1 heterocycles. The van der Waals surface area contributed by atoms with Crippen LogP contribution in [0.15, 0.2) is 47.6 Å². The Morgan fingerprint density at radius 3 is 2.59 bits per heavy atom. The molecule has 0 fully saturated rings. The fourth-order valence-corrected chi connectivity index (χ4v) is 4.24. The van der Waals surface area contributed by atoms with Gasteiger partial charge in [-0.3, -0.25) is 9.59 Å². The molecular formula is C23H26ClN5O2S. The predicted octanol–water partition coefficient (Wildman–Crippen LogP) is 4.79. The number of thioether (sulfide) groups is 1. The van der Waals surface area contributed by atoms with Crippen LogP contribution in [-0.2, 0) is 11.3 Å². The number of rotatable bonds is 8. The molecule has 0 aliphatic carbocycles. The first-order valence-electron chi connectivity index (χ1n) is 10.3. The molecule has 0 saturated heterocycles. The van der Waals surface area contributed by atoms with Crippen LogP contribution in [0.5, 0.6) is 0 Å². The summed E-state index contributed by atoms with van der Waals surface area (Å²) in [5.41, 5.74) is 3.39. The third-order valence-electron chi connectivity index (χ3n) is 5.13.